The molecular formula is C24H46N4NiO2Si2. The topological polar surface area (TPSA) is 73.1 Å². The number of carbonyl (C=O) groups excluding carboxylic acids is 1. The number of hydrogen-bond acceptors (Lipinski definition) is 5. The van der Waals surface area contributed by atoms with Gasteiger partial charge in [0, 0.05) is 29.6 Å². The van der Waals surface area contributed by atoms with Crippen LogP contribution in [-0.4, -0.2) is 79.2 Å². The van der Waals surface area contributed by atoms with Gasteiger partial charge in [-0.2, -0.15) is 0 Å². The molecule has 0 N–H and O–H groups in total. The number of amidine groups is 1. The first-order valence-corrected chi connectivity index (χ1v) is 17.9. The quantitative estimate of drug-likeness (QED) is 0.170. The van der Waals surface area contributed by atoms with Gasteiger partial charge in [-0.3, -0.25) is 4.79 Å². The van der Waals surface area contributed by atoms with Crippen LogP contribution in [0.25, 0.3) is 4.98 Å². The number of likely N-dealkylation sites (N-methyl/N-ethyl adjacent to an activating group) is 2. The van der Waals surface area contributed by atoms with Crippen molar-refractivity contribution in [3.05, 3.63) is 52.7 Å². The van der Waals surface area contributed by atoms with Gasteiger partial charge in [0.1, 0.15) is 0 Å². The molecule has 0 aromatic heterocycles. The molecule has 0 unspecified atom stereocenters. The second kappa shape index (κ2) is 18.1. The maximum absolute atomic E-state index is 9.98. The van der Waals surface area contributed by atoms with Gasteiger partial charge in [0.05, 0.1) is 0 Å². The average Bonchev–Trinajstić information content (AvgIpc) is 2.57. The van der Waals surface area contributed by atoms with E-state index in [4.69, 9.17) is 9.64 Å². The molecule has 0 aliphatic heterocycles. The molecule has 0 radical (unpaired) electrons. The molecule has 0 atom stereocenters. The van der Waals surface area contributed by atoms with E-state index in [0.717, 1.165) is 30.6 Å². The van der Waals surface area contributed by atoms with Crippen LogP contribution in [0.1, 0.15) is 19.4 Å². The number of carbonyl (C=O) groups is 1. The van der Waals surface area contributed by atoms with Gasteiger partial charge in [-0.25, -0.2) is 0 Å². The van der Waals surface area contributed by atoms with Crippen molar-refractivity contribution < 1.29 is 26.4 Å². The fourth-order valence-electron chi connectivity index (χ4n) is 2.06. The first-order chi connectivity index (χ1) is 14.4. The summed E-state index contributed by atoms with van der Waals surface area (Å²) in [6, 6.07) is 10.3. The van der Waals surface area contributed by atoms with Crippen LogP contribution in [0.15, 0.2) is 46.8 Å². The normalized spacial score (nSPS) is 12.2. The Kier molecular flexibility index (Phi) is 19.9. The molecule has 0 aliphatic rings. The molecule has 0 amide bonds. The number of ketones is 1. The van der Waals surface area contributed by atoms with Crippen molar-refractivity contribution in [2.24, 2.45) is 4.66 Å². The SMILES string of the molecule is CC(=O)/C=C(/C)[O-].CN(C)CCN(C)C.C[Si](C)(C)/N=C(/[N-][Si](C)(C)C)c1ccccc1.[Ni+2]. The van der Waals surface area contributed by atoms with E-state index in [0.29, 0.717) is 0 Å². The van der Waals surface area contributed by atoms with Crippen molar-refractivity contribution in [2.45, 2.75) is 53.1 Å². The molecule has 1 aromatic carbocycles. The van der Waals surface area contributed by atoms with E-state index in [1.807, 2.05) is 6.07 Å². The number of allylic oxidation sites excluding steroid dienone is 2. The zero-order chi connectivity index (χ0) is 25.5. The number of benzene rings is 1. The average molecular weight is 538 g/mol. The second-order valence-electron chi connectivity index (χ2n) is 10.2. The summed E-state index contributed by atoms with van der Waals surface area (Å²) in [5.74, 6) is 0.587. The van der Waals surface area contributed by atoms with Crippen LogP contribution in [0.5, 0.6) is 0 Å². The number of nitrogens with zero attached hydrogens (tertiary/aromatic N) is 4. The first-order valence-electron chi connectivity index (χ1n) is 11.0. The Morgan fingerprint density at radius 3 is 1.61 bits per heavy atom. The molecule has 0 spiro atoms. The predicted octanol–water partition coefficient (Wildman–Crippen LogP) is 4.42. The van der Waals surface area contributed by atoms with Crippen LogP contribution < -0.4 is 5.11 Å². The van der Waals surface area contributed by atoms with Crippen LogP contribution in [0.4, 0.5) is 0 Å². The summed E-state index contributed by atoms with van der Waals surface area (Å²) in [6.45, 7) is 18.5. The fraction of sp³-hybridized carbons (Fsp3) is 0.583. The monoisotopic (exact) mass is 536 g/mol. The van der Waals surface area contributed by atoms with Crippen LogP contribution in [0, 0.1) is 0 Å². The summed E-state index contributed by atoms with van der Waals surface area (Å²) in [7, 11) is 5.37. The molecule has 1 aromatic rings. The molecule has 0 heterocycles. The minimum Gasteiger partial charge on any atom is -0.876 e. The summed E-state index contributed by atoms with van der Waals surface area (Å²) in [6.07, 6.45) is 1.06. The van der Waals surface area contributed by atoms with E-state index in [1.54, 1.807) is 0 Å². The van der Waals surface area contributed by atoms with Crippen LogP contribution in [0.2, 0.25) is 39.3 Å². The number of hydrogen-bond donors (Lipinski definition) is 0. The Hall–Kier alpha value is -1.25. The van der Waals surface area contributed by atoms with E-state index in [2.05, 4.69) is 102 Å². The van der Waals surface area contributed by atoms with Gasteiger partial charge in [-0.15, -0.1) is 5.76 Å². The van der Waals surface area contributed by atoms with Crippen molar-refractivity contribution >= 4 is 28.1 Å². The maximum atomic E-state index is 9.98. The Morgan fingerprint density at radius 2 is 1.36 bits per heavy atom. The van der Waals surface area contributed by atoms with Crippen LogP contribution >= 0.6 is 0 Å². The van der Waals surface area contributed by atoms with Gasteiger partial charge in [0.15, 0.2) is 5.78 Å². The van der Waals surface area contributed by atoms with E-state index in [1.165, 1.54) is 13.8 Å². The van der Waals surface area contributed by atoms with Crippen molar-refractivity contribution in [2.75, 3.05) is 41.3 Å². The largest absolute Gasteiger partial charge is 2.00 e. The van der Waals surface area contributed by atoms with Gasteiger partial charge >= 0.3 is 16.5 Å². The molecule has 0 saturated heterocycles. The van der Waals surface area contributed by atoms with Gasteiger partial charge in [0.25, 0.3) is 0 Å². The molecule has 0 bridgehead atoms. The Bertz CT molecular complexity index is 699. The van der Waals surface area contributed by atoms with Crippen molar-refractivity contribution in [1.82, 2.24) is 9.80 Å². The summed E-state index contributed by atoms with van der Waals surface area (Å²) in [5, 5.41) is 9.98. The zero-order valence-corrected chi connectivity index (χ0v) is 25.8. The fourth-order valence-corrected chi connectivity index (χ4v) is 3.79. The Labute approximate surface area is 215 Å². The molecule has 192 valence electrons. The summed E-state index contributed by atoms with van der Waals surface area (Å²) in [5.41, 5.74) is 1.15. The molecule has 0 aliphatic carbocycles. The van der Waals surface area contributed by atoms with Gasteiger partial charge in [0.2, 0.25) is 0 Å². The molecule has 9 heteroatoms. The molecule has 1 rings (SSSR count). The van der Waals surface area contributed by atoms with Crippen LogP contribution in [0.3, 0.4) is 0 Å². The zero-order valence-electron chi connectivity index (χ0n) is 22.8. The van der Waals surface area contributed by atoms with Crippen molar-refractivity contribution in [3.8, 4) is 0 Å². The van der Waals surface area contributed by atoms with E-state index in [9.17, 15) is 9.90 Å². The third-order valence-corrected chi connectivity index (χ3v) is 5.08. The van der Waals surface area contributed by atoms with Crippen LogP contribution in [-0.2, 0) is 21.3 Å². The van der Waals surface area contributed by atoms with E-state index < -0.39 is 16.5 Å². The number of rotatable bonds is 7. The minimum absolute atomic E-state index is 0. The van der Waals surface area contributed by atoms with Crippen molar-refractivity contribution in [3.63, 3.8) is 0 Å². The second-order valence-corrected chi connectivity index (χ2v) is 19.4. The van der Waals surface area contributed by atoms with E-state index >= 15 is 0 Å². The van der Waals surface area contributed by atoms with E-state index in [-0.39, 0.29) is 28.0 Å². The summed E-state index contributed by atoms with van der Waals surface area (Å²) in [4.78, 5) is 19.2. The third kappa shape index (κ3) is 28.7. The van der Waals surface area contributed by atoms with Crippen molar-refractivity contribution in [1.29, 1.82) is 0 Å². The Balaban J connectivity index is -0.000000472. The molecule has 33 heavy (non-hydrogen) atoms. The molecule has 6 nitrogen and oxygen atoms in total. The van der Waals surface area contributed by atoms with Gasteiger partial charge in [-0.05, 0) is 46.8 Å². The predicted molar refractivity (Wildman–Crippen MR) is 145 cm³/mol. The molecular weight excluding hydrogens is 491 g/mol. The maximum Gasteiger partial charge on any atom is 2.00 e. The first kappa shape index (κ1) is 36.3. The summed E-state index contributed by atoms with van der Waals surface area (Å²) < 4.78 is 4.89. The molecule has 0 fully saturated rings. The standard InChI is InChI=1S/C13H23N2Si2.C6H16N2.C5H8O2.Ni/c1-16(2,3)14-13(15-17(4,5)6)12-10-8-7-9-11-12;1-7(2)5-6-8(3)4;1-4(6)3-5(2)7;/h7-11H,1-6H3;5-6H2,1-4H3;3,6H,1-2H3;/q-1;;;+2/p-1/b;;4-3-;. The summed E-state index contributed by atoms with van der Waals surface area (Å²) >= 11 is 0. The van der Waals surface area contributed by atoms with Gasteiger partial charge in [-0.1, -0.05) is 82.4 Å². The third-order valence-electron chi connectivity index (χ3n) is 3.32. The smallest absolute Gasteiger partial charge is 0.876 e. The Morgan fingerprint density at radius 1 is 0.939 bits per heavy atom. The van der Waals surface area contributed by atoms with Gasteiger partial charge < -0.3 is 24.5 Å². The molecule has 0 saturated carbocycles. The minimum atomic E-state index is -1.49.